The van der Waals surface area contributed by atoms with E-state index < -0.39 is 0 Å². The summed E-state index contributed by atoms with van der Waals surface area (Å²) in [5.74, 6) is -0.291. The van der Waals surface area contributed by atoms with Crippen LogP contribution >= 0.6 is 11.8 Å². The molecule has 4 nitrogen and oxygen atoms in total. The second-order valence-corrected chi connectivity index (χ2v) is 4.99. The third kappa shape index (κ3) is 2.32. The maximum absolute atomic E-state index is 13.9. The van der Waals surface area contributed by atoms with E-state index in [1.807, 2.05) is 34.9 Å². The molecule has 2 heterocycles. The third-order valence-electron chi connectivity index (χ3n) is 2.72. The second kappa shape index (κ2) is 4.99. The molecule has 6 heteroatoms. The van der Waals surface area contributed by atoms with Gasteiger partial charge < -0.3 is 5.73 Å². The zero-order chi connectivity index (χ0) is 13.2. The highest BCUT2D eigenvalue weighted by Gasteiger charge is 2.10. The van der Waals surface area contributed by atoms with Gasteiger partial charge in [0.2, 0.25) is 5.16 Å². The molecule has 0 aliphatic carbocycles. The van der Waals surface area contributed by atoms with Gasteiger partial charge in [-0.1, -0.05) is 12.1 Å². The number of benzene rings is 1. The molecule has 0 aliphatic heterocycles. The monoisotopic (exact) mass is 274 g/mol. The third-order valence-corrected chi connectivity index (χ3v) is 3.73. The van der Waals surface area contributed by atoms with Crippen LogP contribution in [0.4, 0.5) is 4.39 Å². The van der Waals surface area contributed by atoms with E-state index in [9.17, 15) is 4.39 Å². The number of nitrogens with two attached hydrogens (primary N) is 1. The Morgan fingerprint density at radius 3 is 2.89 bits per heavy atom. The van der Waals surface area contributed by atoms with Crippen molar-refractivity contribution in [2.75, 3.05) is 0 Å². The Balaban J connectivity index is 1.97. The molecule has 0 saturated heterocycles. The van der Waals surface area contributed by atoms with Crippen molar-refractivity contribution in [2.45, 2.75) is 16.6 Å². The summed E-state index contributed by atoms with van der Waals surface area (Å²) in [7, 11) is 0. The lowest BCUT2D eigenvalue weighted by Gasteiger charge is -2.03. The zero-order valence-electron chi connectivity index (χ0n) is 9.95. The minimum Gasteiger partial charge on any atom is -0.326 e. The molecule has 0 radical (unpaired) electrons. The van der Waals surface area contributed by atoms with Crippen molar-refractivity contribution in [3.63, 3.8) is 0 Å². The summed E-state index contributed by atoms with van der Waals surface area (Å²) in [5.41, 5.74) is 6.99. The first-order valence-electron chi connectivity index (χ1n) is 5.74. The summed E-state index contributed by atoms with van der Waals surface area (Å²) in [6.07, 6.45) is 1.85. The molecular formula is C13H11FN4S. The van der Waals surface area contributed by atoms with Crippen molar-refractivity contribution in [3.8, 4) is 0 Å². The van der Waals surface area contributed by atoms with Crippen molar-refractivity contribution in [1.82, 2.24) is 14.6 Å². The average Bonchev–Trinajstić information content (AvgIpc) is 2.84. The van der Waals surface area contributed by atoms with Gasteiger partial charge in [0.15, 0.2) is 5.65 Å². The smallest absolute Gasteiger partial charge is 0.200 e. The first kappa shape index (κ1) is 12.1. The van der Waals surface area contributed by atoms with Gasteiger partial charge in [0.1, 0.15) is 5.82 Å². The highest BCUT2D eigenvalue weighted by Crippen LogP contribution is 2.29. The lowest BCUT2D eigenvalue weighted by atomic mass is 10.2. The molecular weight excluding hydrogens is 263 g/mol. The van der Waals surface area contributed by atoms with Crippen LogP contribution in [-0.2, 0) is 6.54 Å². The van der Waals surface area contributed by atoms with Crippen LogP contribution < -0.4 is 5.73 Å². The Bertz CT molecular complexity index is 725. The van der Waals surface area contributed by atoms with Crippen LogP contribution in [0.2, 0.25) is 0 Å². The van der Waals surface area contributed by atoms with Crippen molar-refractivity contribution < 1.29 is 4.39 Å². The first-order valence-corrected chi connectivity index (χ1v) is 6.55. The number of rotatable bonds is 3. The van der Waals surface area contributed by atoms with E-state index in [2.05, 4.69) is 10.2 Å². The Labute approximate surface area is 113 Å². The fourth-order valence-electron chi connectivity index (χ4n) is 1.74. The summed E-state index contributed by atoms with van der Waals surface area (Å²) in [6, 6.07) is 10.6. The van der Waals surface area contributed by atoms with Gasteiger partial charge in [-0.05, 0) is 41.6 Å². The van der Waals surface area contributed by atoms with E-state index in [4.69, 9.17) is 5.73 Å². The molecule has 19 heavy (non-hydrogen) atoms. The van der Waals surface area contributed by atoms with Crippen LogP contribution in [0.3, 0.4) is 0 Å². The maximum Gasteiger partial charge on any atom is 0.200 e. The number of hydrogen-bond acceptors (Lipinski definition) is 4. The van der Waals surface area contributed by atoms with Gasteiger partial charge in [0.05, 0.1) is 4.90 Å². The molecule has 2 aromatic heterocycles. The number of fused-ring (bicyclic) bond motifs is 1. The summed E-state index contributed by atoms with van der Waals surface area (Å²) >= 11 is 1.24. The molecule has 0 spiro atoms. The summed E-state index contributed by atoms with van der Waals surface area (Å²) in [5, 5.41) is 8.72. The molecule has 3 rings (SSSR count). The predicted molar refractivity (Wildman–Crippen MR) is 71.4 cm³/mol. The van der Waals surface area contributed by atoms with Gasteiger partial charge in [-0.25, -0.2) is 4.39 Å². The average molecular weight is 274 g/mol. The maximum atomic E-state index is 13.9. The number of pyridine rings is 1. The molecule has 0 amide bonds. The van der Waals surface area contributed by atoms with E-state index in [1.54, 1.807) is 6.07 Å². The van der Waals surface area contributed by atoms with E-state index in [-0.39, 0.29) is 5.82 Å². The van der Waals surface area contributed by atoms with Crippen LogP contribution in [0.5, 0.6) is 0 Å². The molecule has 0 saturated carbocycles. The fraction of sp³-hybridized carbons (Fsp3) is 0.0769. The molecule has 1 aromatic carbocycles. The topological polar surface area (TPSA) is 56.2 Å². The van der Waals surface area contributed by atoms with Crippen molar-refractivity contribution >= 4 is 17.4 Å². The largest absolute Gasteiger partial charge is 0.326 e. The predicted octanol–water partition coefficient (Wildman–Crippen LogP) is 2.48. The lowest BCUT2D eigenvalue weighted by molar-refractivity contribution is 0.599. The molecule has 96 valence electrons. The number of nitrogens with zero attached hydrogens (tertiary/aromatic N) is 3. The molecule has 0 atom stereocenters. The van der Waals surface area contributed by atoms with Crippen LogP contribution in [0.15, 0.2) is 52.6 Å². The lowest BCUT2D eigenvalue weighted by Crippen LogP contribution is -1.97. The second-order valence-electron chi connectivity index (χ2n) is 3.98. The van der Waals surface area contributed by atoms with Gasteiger partial charge in [-0.2, -0.15) is 0 Å². The molecule has 0 aliphatic rings. The van der Waals surface area contributed by atoms with Crippen LogP contribution in [-0.4, -0.2) is 14.6 Å². The van der Waals surface area contributed by atoms with E-state index in [1.165, 1.54) is 17.8 Å². The van der Waals surface area contributed by atoms with E-state index in [0.717, 1.165) is 11.2 Å². The fourth-order valence-corrected chi connectivity index (χ4v) is 2.57. The number of hydrogen-bond donors (Lipinski definition) is 1. The number of aromatic nitrogens is 3. The summed E-state index contributed by atoms with van der Waals surface area (Å²) < 4.78 is 15.7. The van der Waals surface area contributed by atoms with Crippen molar-refractivity contribution in [3.05, 3.63) is 54.0 Å². The van der Waals surface area contributed by atoms with Crippen LogP contribution in [0, 0.1) is 5.82 Å². The van der Waals surface area contributed by atoms with Gasteiger partial charge in [-0.15, -0.1) is 10.2 Å². The van der Waals surface area contributed by atoms with Crippen LogP contribution in [0.25, 0.3) is 5.65 Å². The number of halogens is 1. The normalized spacial score (nSPS) is 11.1. The highest BCUT2D eigenvalue weighted by molar-refractivity contribution is 7.99. The van der Waals surface area contributed by atoms with Gasteiger partial charge in [0.25, 0.3) is 0 Å². The van der Waals surface area contributed by atoms with Gasteiger partial charge in [-0.3, -0.25) is 4.40 Å². The first-order chi connectivity index (χ1) is 9.28. The Hall–Kier alpha value is -1.92. The Morgan fingerprint density at radius 2 is 2.11 bits per heavy atom. The molecule has 0 bridgehead atoms. The summed E-state index contributed by atoms with van der Waals surface area (Å²) in [4.78, 5) is 0.510. The molecule has 2 N–H and O–H groups in total. The van der Waals surface area contributed by atoms with E-state index >= 15 is 0 Å². The Kier molecular flexibility index (Phi) is 3.18. The Morgan fingerprint density at radius 1 is 1.21 bits per heavy atom. The zero-order valence-corrected chi connectivity index (χ0v) is 10.8. The van der Waals surface area contributed by atoms with Gasteiger partial charge >= 0.3 is 0 Å². The van der Waals surface area contributed by atoms with Crippen molar-refractivity contribution in [2.24, 2.45) is 5.73 Å². The highest BCUT2D eigenvalue weighted by atomic mass is 32.2. The van der Waals surface area contributed by atoms with Gasteiger partial charge in [0, 0.05) is 12.7 Å². The van der Waals surface area contributed by atoms with E-state index in [0.29, 0.717) is 16.6 Å². The van der Waals surface area contributed by atoms with Crippen LogP contribution in [0.1, 0.15) is 5.56 Å². The SMILES string of the molecule is NCc1ccc(Sc2nnc3ccccn23)c(F)c1. The minimum absolute atomic E-state index is 0.291. The molecule has 0 unspecified atom stereocenters. The molecule has 0 fully saturated rings. The van der Waals surface area contributed by atoms with Crippen molar-refractivity contribution in [1.29, 1.82) is 0 Å². The quantitative estimate of drug-likeness (QED) is 0.797. The summed E-state index contributed by atoms with van der Waals surface area (Å²) in [6.45, 7) is 0.329. The molecule has 3 aromatic rings. The standard InChI is InChI=1S/C13H11FN4S/c14-10-7-9(8-15)4-5-11(10)19-13-17-16-12-3-1-2-6-18(12)13/h1-7H,8,15H2. The minimum atomic E-state index is -0.291.